The zero-order valence-electron chi connectivity index (χ0n) is 9.10. The number of aromatic nitrogens is 2. The fraction of sp³-hybridized carbons (Fsp3) is 0.182. The molecule has 0 saturated carbocycles. The molecule has 0 spiro atoms. The minimum Gasteiger partial charge on any atom is -0.480 e. The number of benzene rings is 1. The molecular formula is C11H11N3O3. The van der Waals surface area contributed by atoms with Gasteiger partial charge in [-0.3, -0.25) is 14.7 Å². The molecule has 0 bridgehead atoms. The minimum atomic E-state index is -1.07. The molecule has 1 atom stereocenters. The Hall–Kier alpha value is -2.37. The number of carboxylic acid groups (broad SMARTS) is 1. The third-order valence-corrected chi connectivity index (χ3v) is 2.42. The van der Waals surface area contributed by atoms with Crippen LogP contribution in [0.25, 0.3) is 10.9 Å². The second-order valence-corrected chi connectivity index (χ2v) is 3.71. The van der Waals surface area contributed by atoms with Gasteiger partial charge in [0, 0.05) is 10.9 Å². The maximum atomic E-state index is 11.7. The van der Waals surface area contributed by atoms with Crippen molar-refractivity contribution in [3.63, 3.8) is 0 Å². The van der Waals surface area contributed by atoms with Crippen molar-refractivity contribution in [3.05, 3.63) is 30.0 Å². The average molecular weight is 233 g/mol. The van der Waals surface area contributed by atoms with Gasteiger partial charge in [0.1, 0.15) is 6.04 Å². The monoisotopic (exact) mass is 233 g/mol. The third kappa shape index (κ3) is 2.25. The average Bonchev–Trinajstić information content (AvgIpc) is 2.75. The summed E-state index contributed by atoms with van der Waals surface area (Å²) in [6, 6.07) is 4.09. The van der Waals surface area contributed by atoms with E-state index < -0.39 is 17.9 Å². The standard InChI is InChI=1S/C11H11N3O3/c1-6(11(16)17)13-10(15)7-2-3-8-5-12-14-9(8)4-7/h2-6H,1H3,(H,12,14)(H,13,15)(H,16,17). The van der Waals surface area contributed by atoms with E-state index in [1.807, 2.05) is 0 Å². The van der Waals surface area contributed by atoms with Gasteiger partial charge in [-0.05, 0) is 19.1 Å². The number of hydrogen-bond donors (Lipinski definition) is 3. The maximum Gasteiger partial charge on any atom is 0.325 e. The van der Waals surface area contributed by atoms with E-state index in [9.17, 15) is 9.59 Å². The number of fused-ring (bicyclic) bond motifs is 1. The molecule has 6 heteroatoms. The van der Waals surface area contributed by atoms with Crippen LogP contribution in [-0.4, -0.2) is 33.2 Å². The highest BCUT2D eigenvalue weighted by Gasteiger charge is 2.15. The molecule has 0 aliphatic carbocycles. The van der Waals surface area contributed by atoms with E-state index in [-0.39, 0.29) is 0 Å². The first kappa shape index (κ1) is 11.1. The van der Waals surface area contributed by atoms with E-state index in [2.05, 4.69) is 15.5 Å². The van der Waals surface area contributed by atoms with Gasteiger partial charge >= 0.3 is 5.97 Å². The molecule has 6 nitrogen and oxygen atoms in total. The van der Waals surface area contributed by atoms with Crippen LogP contribution in [0.3, 0.4) is 0 Å². The number of carbonyl (C=O) groups excluding carboxylic acids is 1. The molecule has 0 aliphatic rings. The van der Waals surface area contributed by atoms with E-state index in [0.29, 0.717) is 5.56 Å². The normalized spacial score (nSPS) is 12.3. The first-order chi connectivity index (χ1) is 8.08. The Morgan fingerprint density at radius 3 is 2.94 bits per heavy atom. The molecule has 3 N–H and O–H groups in total. The zero-order valence-corrected chi connectivity index (χ0v) is 9.10. The Morgan fingerprint density at radius 2 is 2.24 bits per heavy atom. The summed E-state index contributed by atoms with van der Waals surface area (Å²) in [5.74, 6) is -1.49. The van der Waals surface area contributed by atoms with Gasteiger partial charge in [0.05, 0.1) is 11.7 Å². The van der Waals surface area contributed by atoms with Gasteiger partial charge in [-0.15, -0.1) is 0 Å². The second-order valence-electron chi connectivity index (χ2n) is 3.71. The molecule has 1 amide bonds. The van der Waals surface area contributed by atoms with Crippen LogP contribution in [0.2, 0.25) is 0 Å². The van der Waals surface area contributed by atoms with Gasteiger partial charge in [-0.1, -0.05) is 6.07 Å². The highest BCUT2D eigenvalue weighted by atomic mass is 16.4. The van der Waals surface area contributed by atoms with Crippen molar-refractivity contribution >= 4 is 22.8 Å². The quantitative estimate of drug-likeness (QED) is 0.729. The van der Waals surface area contributed by atoms with Gasteiger partial charge < -0.3 is 10.4 Å². The van der Waals surface area contributed by atoms with Crippen LogP contribution in [0.15, 0.2) is 24.4 Å². The number of nitrogens with zero attached hydrogens (tertiary/aromatic N) is 1. The summed E-state index contributed by atoms with van der Waals surface area (Å²) in [7, 11) is 0. The summed E-state index contributed by atoms with van der Waals surface area (Å²) in [6.07, 6.45) is 1.65. The summed E-state index contributed by atoms with van der Waals surface area (Å²) in [5, 5.41) is 18.5. The summed E-state index contributed by atoms with van der Waals surface area (Å²) < 4.78 is 0. The second kappa shape index (κ2) is 4.25. The Bertz CT molecular complexity index is 576. The Morgan fingerprint density at radius 1 is 1.47 bits per heavy atom. The van der Waals surface area contributed by atoms with Crippen molar-refractivity contribution in [3.8, 4) is 0 Å². The van der Waals surface area contributed by atoms with Crippen LogP contribution in [0.1, 0.15) is 17.3 Å². The van der Waals surface area contributed by atoms with Gasteiger partial charge in [-0.2, -0.15) is 5.10 Å². The van der Waals surface area contributed by atoms with E-state index in [0.717, 1.165) is 10.9 Å². The van der Waals surface area contributed by atoms with Crippen molar-refractivity contribution in [2.45, 2.75) is 13.0 Å². The molecule has 0 fully saturated rings. The lowest BCUT2D eigenvalue weighted by atomic mass is 10.1. The largest absolute Gasteiger partial charge is 0.480 e. The SMILES string of the molecule is CC(NC(=O)c1ccc2cn[nH]c2c1)C(=O)O. The molecule has 17 heavy (non-hydrogen) atoms. The van der Waals surface area contributed by atoms with E-state index in [1.54, 1.807) is 24.4 Å². The fourth-order valence-electron chi connectivity index (χ4n) is 1.42. The van der Waals surface area contributed by atoms with Crippen molar-refractivity contribution in [1.82, 2.24) is 15.5 Å². The number of carbonyl (C=O) groups is 2. The zero-order chi connectivity index (χ0) is 12.4. The molecule has 1 unspecified atom stereocenters. The van der Waals surface area contributed by atoms with Crippen LogP contribution in [0.4, 0.5) is 0 Å². The van der Waals surface area contributed by atoms with Crippen molar-refractivity contribution in [2.75, 3.05) is 0 Å². The molecule has 2 aromatic rings. The highest BCUT2D eigenvalue weighted by Crippen LogP contribution is 2.12. The molecular weight excluding hydrogens is 222 g/mol. The number of aromatic amines is 1. The molecule has 1 aromatic carbocycles. The third-order valence-electron chi connectivity index (χ3n) is 2.42. The lowest BCUT2D eigenvalue weighted by molar-refractivity contribution is -0.138. The number of aliphatic carboxylic acids is 1. The van der Waals surface area contributed by atoms with Crippen LogP contribution in [-0.2, 0) is 4.79 Å². The van der Waals surface area contributed by atoms with Crippen molar-refractivity contribution in [2.24, 2.45) is 0 Å². The minimum absolute atomic E-state index is 0.398. The predicted octanol–water partition coefficient (Wildman–Crippen LogP) is 0.766. The molecule has 1 aromatic heterocycles. The number of H-pyrrole nitrogens is 1. The van der Waals surface area contributed by atoms with Gasteiger partial charge in [0.25, 0.3) is 5.91 Å². The van der Waals surface area contributed by atoms with E-state index in [1.165, 1.54) is 6.92 Å². The maximum absolute atomic E-state index is 11.7. The van der Waals surface area contributed by atoms with Crippen LogP contribution in [0, 0.1) is 0 Å². The number of hydrogen-bond acceptors (Lipinski definition) is 3. The molecule has 0 radical (unpaired) electrons. The van der Waals surface area contributed by atoms with Gasteiger partial charge in [0.2, 0.25) is 0 Å². The van der Waals surface area contributed by atoms with Gasteiger partial charge in [0.15, 0.2) is 0 Å². The molecule has 2 rings (SSSR count). The lowest BCUT2D eigenvalue weighted by Gasteiger charge is -2.08. The Kier molecular flexibility index (Phi) is 2.78. The molecule has 1 heterocycles. The molecule has 88 valence electrons. The smallest absolute Gasteiger partial charge is 0.325 e. The lowest BCUT2D eigenvalue weighted by Crippen LogP contribution is -2.38. The summed E-state index contributed by atoms with van der Waals surface area (Å²) in [6.45, 7) is 1.41. The number of rotatable bonds is 3. The first-order valence-corrected chi connectivity index (χ1v) is 5.05. The topological polar surface area (TPSA) is 95.1 Å². The number of carboxylic acids is 1. The summed E-state index contributed by atoms with van der Waals surface area (Å²) >= 11 is 0. The van der Waals surface area contributed by atoms with Gasteiger partial charge in [-0.25, -0.2) is 0 Å². The fourth-order valence-corrected chi connectivity index (χ4v) is 1.42. The highest BCUT2D eigenvalue weighted by molar-refractivity contribution is 5.99. The first-order valence-electron chi connectivity index (χ1n) is 5.05. The number of nitrogens with one attached hydrogen (secondary N) is 2. The molecule has 0 aliphatic heterocycles. The summed E-state index contributed by atoms with van der Waals surface area (Å²) in [5.41, 5.74) is 1.13. The number of amides is 1. The predicted molar refractivity (Wildman–Crippen MR) is 60.7 cm³/mol. The van der Waals surface area contributed by atoms with Crippen molar-refractivity contribution in [1.29, 1.82) is 0 Å². The van der Waals surface area contributed by atoms with Crippen molar-refractivity contribution < 1.29 is 14.7 Å². The van der Waals surface area contributed by atoms with E-state index in [4.69, 9.17) is 5.11 Å². The van der Waals surface area contributed by atoms with Crippen LogP contribution in [0.5, 0.6) is 0 Å². The van der Waals surface area contributed by atoms with Crippen LogP contribution < -0.4 is 5.32 Å². The van der Waals surface area contributed by atoms with Crippen LogP contribution >= 0.6 is 0 Å². The summed E-state index contributed by atoms with van der Waals surface area (Å²) in [4.78, 5) is 22.3. The Balaban J connectivity index is 2.21. The van der Waals surface area contributed by atoms with E-state index >= 15 is 0 Å². The Labute approximate surface area is 96.6 Å². The molecule has 0 saturated heterocycles.